The van der Waals surface area contributed by atoms with Gasteiger partial charge in [0.2, 0.25) is 6.79 Å². The van der Waals surface area contributed by atoms with Crippen molar-refractivity contribution in [2.45, 2.75) is 0 Å². The van der Waals surface area contributed by atoms with E-state index >= 15 is 0 Å². The molecule has 0 aliphatic carbocycles. The fourth-order valence-electron chi connectivity index (χ4n) is 2.18. The predicted molar refractivity (Wildman–Crippen MR) is 73.9 cm³/mol. The Bertz CT molecular complexity index is 504. The lowest BCUT2D eigenvalue weighted by molar-refractivity contribution is 0.174. The molecule has 1 aromatic carbocycles. The van der Waals surface area contributed by atoms with Crippen LogP contribution < -0.4 is 20.5 Å². The maximum atomic E-state index is 5.98. The quantitative estimate of drug-likeness (QED) is 0.792. The highest BCUT2D eigenvalue weighted by Crippen LogP contribution is 2.38. The highest BCUT2D eigenvalue weighted by molar-refractivity contribution is 5.72. The molecule has 0 unspecified atom stereocenters. The number of nitrogen functional groups attached to an aromatic ring is 1. The van der Waals surface area contributed by atoms with Crippen molar-refractivity contribution < 1.29 is 9.47 Å². The van der Waals surface area contributed by atoms with E-state index in [2.05, 4.69) is 34.6 Å². The maximum absolute atomic E-state index is 5.98. The van der Waals surface area contributed by atoms with Crippen molar-refractivity contribution >= 4 is 11.4 Å². The van der Waals surface area contributed by atoms with Crippen molar-refractivity contribution in [3.05, 3.63) is 24.5 Å². The molecule has 3 rings (SSSR count). The third-order valence-electron chi connectivity index (χ3n) is 3.20. The Morgan fingerprint density at radius 2 is 2.05 bits per heavy atom. The molecule has 2 aliphatic heterocycles. The molecule has 0 saturated heterocycles. The first-order valence-electron chi connectivity index (χ1n) is 6.28. The fourth-order valence-corrected chi connectivity index (χ4v) is 2.18. The summed E-state index contributed by atoms with van der Waals surface area (Å²) in [5, 5.41) is 3.33. The molecule has 102 valence electrons. The van der Waals surface area contributed by atoms with Crippen molar-refractivity contribution in [1.82, 2.24) is 9.80 Å². The molecular formula is C13H18N4O2. The van der Waals surface area contributed by atoms with Crippen molar-refractivity contribution in [3.8, 4) is 11.5 Å². The monoisotopic (exact) mass is 262 g/mol. The highest BCUT2D eigenvalue weighted by atomic mass is 16.7. The van der Waals surface area contributed by atoms with E-state index in [0.29, 0.717) is 11.4 Å². The Balaban J connectivity index is 1.57. The summed E-state index contributed by atoms with van der Waals surface area (Å²) >= 11 is 0. The summed E-state index contributed by atoms with van der Waals surface area (Å²) < 4.78 is 10.6. The summed E-state index contributed by atoms with van der Waals surface area (Å²) in [6, 6.07) is 3.69. The van der Waals surface area contributed by atoms with Gasteiger partial charge in [0.1, 0.15) is 0 Å². The Morgan fingerprint density at radius 3 is 2.79 bits per heavy atom. The first-order chi connectivity index (χ1) is 9.22. The van der Waals surface area contributed by atoms with Gasteiger partial charge < -0.3 is 30.3 Å². The second-order valence-corrected chi connectivity index (χ2v) is 4.73. The molecule has 0 bridgehead atoms. The first kappa shape index (κ1) is 11.8. The molecule has 6 nitrogen and oxygen atoms in total. The van der Waals surface area contributed by atoms with E-state index < -0.39 is 0 Å². The third kappa shape index (κ3) is 2.47. The molecule has 1 aromatic rings. The van der Waals surface area contributed by atoms with Gasteiger partial charge in [-0.2, -0.15) is 0 Å². The minimum Gasteiger partial charge on any atom is -0.454 e. The molecule has 3 N–H and O–H groups in total. The number of fused-ring (bicyclic) bond motifs is 1. The molecule has 0 atom stereocenters. The van der Waals surface area contributed by atoms with E-state index in [4.69, 9.17) is 15.2 Å². The van der Waals surface area contributed by atoms with Crippen molar-refractivity contribution in [2.75, 3.05) is 44.6 Å². The lowest BCUT2D eigenvalue weighted by Gasteiger charge is -2.19. The lowest BCUT2D eigenvalue weighted by atomic mass is 10.2. The van der Waals surface area contributed by atoms with E-state index in [1.165, 1.54) is 0 Å². The summed E-state index contributed by atoms with van der Waals surface area (Å²) in [7, 11) is 2.06. The van der Waals surface area contributed by atoms with Gasteiger partial charge in [0.05, 0.1) is 18.0 Å². The molecule has 0 radical (unpaired) electrons. The summed E-state index contributed by atoms with van der Waals surface area (Å²) in [5.74, 6) is 1.46. The summed E-state index contributed by atoms with van der Waals surface area (Å²) in [4.78, 5) is 4.37. The number of hydrogen-bond acceptors (Lipinski definition) is 6. The van der Waals surface area contributed by atoms with Crippen LogP contribution in [0.1, 0.15) is 0 Å². The van der Waals surface area contributed by atoms with Crippen LogP contribution in [0.4, 0.5) is 11.4 Å². The average molecular weight is 262 g/mol. The maximum Gasteiger partial charge on any atom is 0.231 e. The minimum absolute atomic E-state index is 0.267. The van der Waals surface area contributed by atoms with Crippen molar-refractivity contribution in [3.63, 3.8) is 0 Å². The van der Waals surface area contributed by atoms with Gasteiger partial charge in [-0.1, -0.05) is 0 Å². The standard InChI is InChI=1S/C13H18N4O2/c1-16-4-5-17(8-16)3-2-15-11-7-13-12(6-10(11)14)18-9-19-13/h4-7,15H,2-3,8-9,14H2,1H3. The van der Waals surface area contributed by atoms with Crippen LogP contribution in [0, 0.1) is 0 Å². The van der Waals surface area contributed by atoms with Crippen LogP contribution in [-0.4, -0.2) is 43.4 Å². The van der Waals surface area contributed by atoms with Gasteiger partial charge in [-0.25, -0.2) is 0 Å². The highest BCUT2D eigenvalue weighted by Gasteiger charge is 2.16. The van der Waals surface area contributed by atoms with E-state index in [0.717, 1.165) is 31.2 Å². The topological polar surface area (TPSA) is 63.0 Å². The van der Waals surface area contributed by atoms with Crippen LogP contribution >= 0.6 is 0 Å². The van der Waals surface area contributed by atoms with Crippen LogP contribution in [0.3, 0.4) is 0 Å². The predicted octanol–water partition coefficient (Wildman–Crippen LogP) is 1.09. The molecule has 6 heteroatoms. The first-order valence-corrected chi connectivity index (χ1v) is 6.28. The molecule has 0 spiro atoms. The van der Waals surface area contributed by atoms with Gasteiger partial charge in [0.15, 0.2) is 11.5 Å². The zero-order valence-electron chi connectivity index (χ0n) is 10.9. The SMILES string of the molecule is CN1C=CN(CCNc2cc3c(cc2N)OCO3)C1. The molecular weight excluding hydrogens is 244 g/mol. The number of hydrogen-bond donors (Lipinski definition) is 2. The summed E-state index contributed by atoms with van der Waals surface area (Å²) in [6.07, 6.45) is 4.15. The molecule has 19 heavy (non-hydrogen) atoms. The van der Waals surface area contributed by atoms with Gasteiger partial charge in [-0.15, -0.1) is 0 Å². The number of nitrogens with one attached hydrogen (secondary N) is 1. The van der Waals surface area contributed by atoms with E-state index in [1.807, 2.05) is 6.07 Å². The average Bonchev–Trinajstić information content (AvgIpc) is 2.98. The van der Waals surface area contributed by atoms with Crippen LogP contribution in [0.25, 0.3) is 0 Å². The smallest absolute Gasteiger partial charge is 0.231 e. The molecule has 0 fully saturated rings. The number of nitrogens with zero attached hydrogens (tertiary/aromatic N) is 2. The fraction of sp³-hybridized carbons (Fsp3) is 0.385. The van der Waals surface area contributed by atoms with Gasteiger partial charge in [-0.05, 0) is 0 Å². The molecule has 0 amide bonds. The third-order valence-corrected chi connectivity index (χ3v) is 3.20. The minimum atomic E-state index is 0.267. The van der Waals surface area contributed by atoms with Crippen LogP contribution in [0.15, 0.2) is 24.5 Å². The normalized spacial score (nSPS) is 16.3. The van der Waals surface area contributed by atoms with Crippen molar-refractivity contribution in [2.24, 2.45) is 0 Å². The van der Waals surface area contributed by atoms with Crippen LogP contribution in [0.2, 0.25) is 0 Å². The lowest BCUT2D eigenvalue weighted by Crippen LogP contribution is -2.27. The molecule has 2 heterocycles. The van der Waals surface area contributed by atoms with Crippen LogP contribution in [-0.2, 0) is 0 Å². The molecule has 0 aromatic heterocycles. The van der Waals surface area contributed by atoms with Gasteiger partial charge in [-0.3, -0.25) is 0 Å². The Labute approximate surface area is 112 Å². The number of rotatable bonds is 4. The number of ether oxygens (including phenoxy) is 2. The van der Waals surface area contributed by atoms with Crippen molar-refractivity contribution in [1.29, 1.82) is 0 Å². The Kier molecular flexibility index (Phi) is 2.98. The summed E-state index contributed by atoms with van der Waals surface area (Å²) in [5.41, 5.74) is 7.54. The second-order valence-electron chi connectivity index (χ2n) is 4.73. The zero-order valence-corrected chi connectivity index (χ0v) is 10.9. The van der Waals surface area contributed by atoms with E-state index in [-0.39, 0.29) is 6.79 Å². The van der Waals surface area contributed by atoms with E-state index in [1.54, 1.807) is 6.07 Å². The molecule has 2 aliphatic rings. The Morgan fingerprint density at radius 1 is 1.26 bits per heavy atom. The zero-order chi connectivity index (χ0) is 13.2. The Hall–Kier alpha value is -2.24. The largest absolute Gasteiger partial charge is 0.454 e. The van der Waals surface area contributed by atoms with Gasteiger partial charge in [0.25, 0.3) is 0 Å². The van der Waals surface area contributed by atoms with E-state index in [9.17, 15) is 0 Å². The number of nitrogens with two attached hydrogens (primary N) is 1. The summed E-state index contributed by atoms with van der Waals surface area (Å²) in [6.45, 7) is 2.94. The number of anilines is 2. The van der Waals surface area contributed by atoms with Gasteiger partial charge in [0, 0.05) is 44.7 Å². The number of benzene rings is 1. The second kappa shape index (κ2) is 4.79. The molecule has 0 saturated carbocycles. The van der Waals surface area contributed by atoms with Crippen LogP contribution in [0.5, 0.6) is 11.5 Å². The van der Waals surface area contributed by atoms with Gasteiger partial charge >= 0.3 is 0 Å².